The van der Waals surface area contributed by atoms with Crippen molar-refractivity contribution in [2.45, 2.75) is 4.90 Å². The Morgan fingerprint density at radius 3 is 2.72 bits per heavy atom. The smallest absolute Gasteiger partial charge is 0.267 e. The second-order valence-electron chi connectivity index (χ2n) is 6.44. The van der Waals surface area contributed by atoms with Crippen LogP contribution in [0.25, 0.3) is 11.0 Å². The lowest BCUT2D eigenvalue weighted by Gasteiger charge is -2.12. The molecule has 0 spiro atoms. The molecule has 11 heteroatoms. The lowest BCUT2D eigenvalue weighted by atomic mass is 10.1. The summed E-state index contributed by atoms with van der Waals surface area (Å²) in [5, 5.41) is 0.814. The first-order valence-electron chi connectivity index (χ1n) is 8.94. The highest BCUT2D eigenvalue weighted by molar-refractivity contribution is 7.92. The van der Waals surface area contributed by atoms with Crippen LogP contribution in [0.5, 0.6) is 5.88 Å². The van der Waals surface area contributed by atoms with Crippen LogP contribution in [0.15, 0.2) is 53.8 Å². The molecule has 0 fully saturated rings. The maximum absolute atomic E-state index is 15.0. The van der Waals surface area contributed by atoms with Gasteiger partial charge in [-0.2, -0.15) is 0 Å². The minimum Gasteiger partial charge on any atom is -0.480 e. The van der Waals surface area contributed by atoms with E-state index in [0.29, 0.717) is 11.2 Å². The molecule has 0 aliphatic heterocycles. The molecule has 0 saturated carbocycles. The minimum absolute atomic E-state index is 0.0327. The van der Waals surface area contributed by atoms with Gasteiger partial charge in [-0.3, -0.25) is 4.72 Å². The van der Waals surface area contributed by atoms with E-state index in [1.165, 1.54) is 19.5 Å². The third-order valence-electron chi connectivity index (χ3n) is 4.34. The molecule has 0 radical (unpaired) electrons. The van der Waals surface area contributed by atoms with Crippen LogP contribution in [-0.2, 0) is 10.0 Å². The van der Waals surface area contributed by atoms with E-state index in [-0.39, 0.29) is 10.9 Å². The summed E-state index contributed by atoms with van der Waals surface area (Å²) in [4.78, 5) is 10.5. The SMILES string of the molecule is COc1ncc(Cl)cc1S(=O)(=O)Nc1ccc(F)c(C#Cc2cnc3[nH]ccc3c2)c1F. The zero-order chi connectivity index (χ0) is 22.9. The predicted octanol–water partition coefficient (Wildman–Crippen LogP) is 4.10. The number of pyridine rings is 2. The summed E-state index contributed by atoms with van der Waals surface area (Å²) in [6, 6.07) is 6.44. The van der Waals surface area contributed by atoms with Crippen LogP contribution in [0.4, 0.5) is 14.5 Å². The molecule has 3 heterocycles. The molecule has 1 aromatic carbocycles. The maximum atomic E-state index is 15.0. The second-order valence-corrected chi connectivity index (χ2v) is 8.53. The Kier molecular flexibility index (Phi) is 5.69. The van der Waals surface area contributed by atoms with Gasteiger partial charge in [0.25, 0.3) is 10.0 Å². The fraction of sp³-hybridized carbons (Fsp3) is 0.0476. The van der Waals surface area contributed by atoms with Crippen molar-refractivity contribution in [1.82, 2.24) is 15.0 Å². The highest BCUT2D eigenvalue weighted by atomic mass is 35.5. The van der Waals surface area contributed by atoms with Crippen molar-refractivity contribution in [3.63, 3.8) is 0 Å². The number of rotatable bonds is 4. The molecule has 2 N–H and O–H groups in total. The Hall–Kier alpha value is -3.68. The first kappa shape index (κ1) is 21.5. The van der Waals surface area contributed by atoms with Crippen LogP contribution in [-0.4, -0.2) is 30.5 Å². The molecule has 32 heavy (non-hydrogen) atoms. The summed E-state index contributed by atoms with van der Waals surface area (Å²) in [5.74, 6) is 2.69. The Balaban J connectivity index is 1.71. The molecule has 0 saturated heterocycles. The van der Waals surface area contributed by atoms with E-state index in [4.69, 9.17) is 16.3 Å². The van der Waals surface area contributed by atoms with Crippen molar-refractivity contribution in [1.29, 1.82) is 0 Å². The summed E-state index contributed by atoms with van der Waals surface area (Å²) >= 11 is 5.83. The van der Waals surface area contributed by atoms with Gasteiger partial charge in [0.15, 0.2) is 10.7 Å². The first-order valence-corrected chi connectivity index (χ1v) is 10.8. The molecule has 0 unspecified atom stereocenters. The molecular weight excluding hydrogens is 462 g/mol. The number of aromatic nitrogens is 3. The van der Waals surface area contributed by atoms with E-state index in [2.05, 4.69) is 31.5 Å². The van der Waals surface area contributed by atoms with Crippen molar-refractivity contribution in [2.75, 3.05) is 11.8 Å². The van der Waals surface area contributed by atoms with E-state index in [9.17, 15) is 17.2 Å². The van der Waals surface area contributed by atoms with Gasteiger partial charge < -0.3 is 9.72 Å². The van der Waals surface area contributed by atoms with Gasteiger partial charge in [0, 0.05) is 29.5 Å². The summed E-state index contributed by atoms with van der Waals surface area (Å²) in [6.07, 6.45) is 4.35. The lowest BCUT2D eigenvalue weighted by molar-refractivity contribution is 0.385. The van der Waals surface area contributed by atoms with E-state index >= 15 is 0 Å². The number of methoxy groups -OCH3 is 1. The molecule has 162 valence electrons. The van der Waals surface area contributed by atoms with Crippen LogP contribution < -0.4 is 9.46 Å². The highest BCUT2D eigenvalue weighted by Gasteiger charge is 2.24. The number of fused-ring (bicyclic) bond motifs is 1. The van der Waals surface area contributed by atoms with Crippen LogP contribution in [0.2, 0.25) is 5.02 Å². The Morgan fingerprint density at radius 1 is 1.12 bits per heavy atom. The number of aromatic amines is 1. The third kappa shape index (κ3) is 4.21. The summed E-state index contributed by atoms with van der Waals surface area (Å²) in [5.41, 5.74) is -0.0284. The predicted molar refractivity (Wildman–Crippen MR) is 115 cm³/mol. The van der Waals surface area contributed by atoms with Crippen LogP contribution in [0.1, 0.15) is 11.1 Å². The van der Waals surface area contributed by atoms with Crippen LogP contribution in [0.3, 0.4) is 0 Å². The standard InChI is InChI=1S/C21H13ClF2N4O3S/c1-31-21-18(9-14(22)11-27-21)32(29,30)28-17-5-4-16(23)15(19(17)24)3-2-12-8-13-6-7-25-20(13)26-10-12/h4-11,28H,1H3,(H,25,26). The summed E-state index contributed by atoms with van der Waals surface area (Å²) in [6.45, 7) is 0. The zero-order valence-electron chi connectivity index (χ0n) is 16.3. The zero-order valence-corrected chi connectivity index (χ0v) is 17.9. The van der Waals surface area contributed by atoms with Gasteiger partial charge in [-0.05, 0) is 30.3 Å². The van der Waals surface area contributed by atoms with Crippen molar-refractivity contribution >= 4 is 38.3 Å². The van der Waals surface area contributed by atoms with Gasteiger partial charge in [0.2, 0.25) is 5.88 Å². The monoisotopic (exact) mass is 474 g/mol. The topological polar surface area (TPSA) is 97.0 Å². The van der Waals surface area contributed by atoms with Gasteiger partial charge in [-0.15, -0.1) is 0 Å². The number of anilines is 1. The average molecular weight is 475 g/mol. The largest absolute Gasteiger partial charge is 0.480 e. The molecule has 4 aromatic rings. The number of hydrogen-bond donors (Lipinski definition) is 2. The van der Waals surface area contributed by atoms with Gasteiger partial charge in [0.1, 0.15) is 11.5 Å². The number of H-pyrrole nitrogens is 1. The lowest BCUT2D eigenvalue weighted by Crippen LogP contribution is -2.16. The quantitative estimate of drug-likeness (QED) is 0.434. The average Bonchev–Trinajstić information content (AvgIpc) is 3.23. The molecule has 0 bridgehead atoms. The Bertz CT molecular complexity index is 1510. The molecule has 0 aliphatic rings. The summed E-state index contributed by atoms with van der Waals surface area (Å²) < 4.78 is 61.8. The van der Waals surface area contributed by atoms with Crippen molar-refractivity contribution < 1.29 is 21.9 Å². The minimum atomic E-state index is -4.36. The van der Waals surface area contributed by atoms with Crippen molar-refractivity contribution in [3.05, 3.63) is 76.7 Å². The number of ether oxygens (including phenoxy) is 1. The van der Waals surface area contributed by atoms with E-state index in [1.807, 2.05) is 0 Å². The van der Waals surface area contributed by atoms with Gasteiger partial charge in [-0.25, -0.2) is 27.2 Å². The van der Waals surface area contributed by atoms with E-state index < -0.39 is 37.8 Å². The number of hydrogen-bond acceptors (Lipinski definition) is 5. The van der Waals surface area contributed by atoms with Crippen LogP contribution in [0, 0.1) is 23.5 Å². The molecule has 4 rings (SSSR count). The maximum Gasteiger partial charge on any atom is 0.267 e. The third-order valence-corrected chi connectivity index (χ3v) is 5.90. The van der Waals surface area contributed by atoms with Crippen molar-refractivity contribution in [2.24, 2.45) is 0 Å². The molecule has 0 amide bonds. The molecular formula is C21H13ClF2N4O3S. The van der Waals surface area contributed by atoms with Gasteiger partial charge >= 0.3 is 0 Å². The van der Waals surface area contributed by atoms with E-state index in [0.717, 1.165) is 23.6 Å². The fourth-order valence-corrected chi connectivity index (χ4v) is 4.27. The number of benzene rings is 1. The Labute approximate surface area is 186 Å². The number of sulfonamides is 1. The first-order chi connectivity index (χ1) is 15.3. The molecule has 7 nitrogen and oxygen atoms in total. The fourth-order valence-electron chi connectivity index (χ4n) is 2.84. The van der Waals surface area contributed by atoms with Crippen LogP contribution >= 0.6 is 11.6 Å². The Morgan fingerprint density at radius 2 is 1.94 bits per heavy atom. The van der Waals surface area contributed by atoms with Gasteiger partial charge in [-0.1, -0.05) is 23.4 Å². The second kappa shape index (κ2) is 8.45. The number of nitrogens with one attached hydrogen (secondary N) is 2. The molecule has 0 aliphatic carbocycles. The number of halogens is 3. The highest BCUT2D eigenvalue weighted by Crippen LogP contribution is 2.28. The summed E-state index contributed by atoms with van der Waals surface area (Å²) in [7, 11) is -3.14. The van der Waals surface area contributed by atoms with E-state index in [1.54, 1.807) is 18.3 Å². The number of nitrogens with zero attached hydrogens (tertiary/aromatic N) is 2. The molecule has 3 aromatic heterocycles. The molecule has 0 atom stereocenters. The van der Waals surface area contributed by atoms with Crippen molar-refractivity contribution in [3.8, 4) is 17.7 Å². The van der Waals surface area contributed by atoms with Gasteiger partial charge in [0.05, 0.1) is 23.4 Å². The normalized spacial score (nSPS) is 11.1.